The quantitative estimate of drug-likeness (QED) is 0.775. The van der Waals surface area contributed by atoms with Crippen LogP contribution in [0.15, 0.2) is 42.6 Å². The molecule has 4 heteroatoms. The van der Waals surface area contributed by atoms with Crippen molar-refractivity contribution >= 4 is 11.6 Å². The molecule has 2 nitrogen and oxygen atoms in total. The minimum absolute atomic E-state index is 0.300. The van der Waals surface area contributed by atoms with Crippen molar-refractivity contribution in [2.45, 2.75) is 0 Å². The molecule has 0 bridgehead atoms. The van der Waals surface area contributed by atoms with Crippen molar-refractivity contribution in [3.8, 4) is 11.6 Å². The Hall–Kier alpha value is -1.61. The second-order valence-electron chi connectivity index (χ2n) is 2.87. The van der Waals surface area contributed by atoms with Gasteiger partial charge in [-0.25, -0.2) is 9.37 Å². The summed E-state index contributed by atoms with van der Waals surface area (Å²) in [5, 5.41) is 0.543. The zero-order valence-electron chi connectivity index (χ0n) is 7.65. The van der Waals surface area contributed by atoms with Crippen LogP contribution in [-0.4, -0.2) is 4.98 Å². The molecule has 0 fully saturated rings. The van der Waals surface area contributed by atoms with E-state index >= 15 is 0 Å². The molecule has 0 aliphatic heterocycles. The molecule has 0 aliphatic rings. The maximum Gasteiger partial charge on any atom is 0.219 e. The highest BCUT2D eigenvalue weighted by Crippen LogP contribution is 2.20. The molecule has 0 saturated heterocycles. The van der Waals surface area contributed by atoms with Gasteiger partial charge in [-0.05, 0) is 30.3 Å². The van der Waals surface area contributed by atoms with Gasteiger partial charge in [0.15, 0.2) is 0 Å². The average Bonchev–Trinajstić information content (AvgIpc) is 2.25. The molecule has 0 spiro atoms. The van der Waals surface area contributed by atoms with Crippen LogP contribution >= 0.6 is 11.6 Å². The first-order valence-corrected chi connectivity index (χ1v) is 4.67. The monoisotopic (exact) mass is 223 g/mol. The molecule has 0 aliphatic carbocycles. The van der Waals surface area contributed by atoms with E-state index in [0.29, 0.717) is 16.7 Å². The van der Waals surface area contributed by atoms with Crippen molar-refractivity contribution in [2.24, 2.45) is 0 Å². The van der Waals surface area contributed by atoms with E-state index in [1.165, 1.54) is 30.5 Å². The lowest BCUT2D eigenvalue weighted by molar-refractivity contribution is 0.461. The van der Waals surface area contributed by atoms with Crippen LogP contribution < -0.4 is 4.74 Å². The van der Waals surface area contributed by atoms with Crippen LogP contribution in [-0.2, 0) is 0 Å². The number of hydrogen-bond donors (Lipinski definition) is 0. The van der Waals surface area contributed by atoms with Crippen molar-refractivity contribution in [3.05, 3.63) is 53.4 Å². The number of aromatic nitrogens is 1. The predicted octanol–water partition coefficient (Wildman–Crippen LogP) is 3.67. The molecule has 0 amide bonds. The van der Waals surface area contributed by atoms with E-state index < -0.39 is 0 Å². The number of pyridine rings is 1. The molecule has 1 aromatic heterocycles. The maximum absolute atomic E-state index is 12.6. The first-order valence-electron chi connectivity index (χ1n) is 4.29. The highest BCUT2D eigenvalue weighted by atomic mass is 35.5. The Balaban J connectivity index is 2.15. The highest BCUT2D eigenvalue weighted by Gasteiger charge is 1.98. The summed E-state index contributed by atoms with van der Waals surface area (Å²) >= 11 is 5.67. The van der Waals surface area contributed by atoms with Gasteiger partial charge >= 0.3 is 0 Å². The lowest BCUT2D eigenvalue weighted by atomic mass is 10.3. The zero-order valence-corrected chi connectivity index (χ0v) is 8.41. The van der Waals surface area contributed by atoms with Gasteiger partial charge in [-0.3, -0.25) is 0 Å². The Kier molecular flexibility index (Phi) is 2.83. The number of nitrogens with zero attached hydrogens (tertiary/aromatic N) is 1. The molecular formula is C11H7ClFNO. The van der Waals surface area contributed by atoms with Gasteiger partial charge < -0.3 is 4.74 Å². The largest absolute Gasteiger partial charge is 0.439 e. The van der Waals surface area contributed by atoms with Crippen molar-refractivity contribution in [1.29, 1.82) is 0 Å². The summed E-state index contributed by atoms with van der Waals surface area (Å²) in [6, 6.07) is 9.03. The summed E-state index contributed by atoms with van der Waals surface area (Å²) in [4.78, 5) is 3.95. The molecule has 1 aromatic carbocycles. The fourth-order valence-electron chi connectivity index (χ4n) is 1.05. The Labute approximate surface area is 91.3 Å². The van der Waals surface area contributed by atoms with E-state index in [0.717, 1.165) is 0 Å². The Bertz CT molecular complexity index is 398. The number of benzene rings is 1. The van der Waals surface area contributed by atoms with Crippen LogP contribution in [0.2, 0.25) is 5.02 Å². The van der Waals surface area contributed by atoms with Crippen LogP contribution in [0.3, 0.4) is 0 Å². The van der Waals surface area contributed by atoms with Crippen molar-refractivity contribution in [1.82, 2.24) is 4.98 Å². The Morgan fingerprint density at radius 1 is 1.07 bits per heavy atom. The Morgan fingerprint density at radius 2 is 1.80 bits per heavy atom. The summed E-state index contributed by atoms with van der Waals surface area (Å²) in [6.07, 6.45) is 1.49. The van der Waals surface area contributed by atoms with Gasteiger partial charge in [0.25, 0.3) is 0 Å². The normalized spacial score (nSPS) is 10.0. The van der Waals surface area contributed by atoms with Gasteiger partial charge in [0.05, 0.1) is 5.02 Å². The summed E-state index contributed by atoms with van der Waals surface area (Å²) < 4.78 is 17.9. The molecule has 76 valence electrons. The molecular weight excluding hydrogens is 217 g/mol. The van der Waals surface area contributed by atoms with Crippen LogP contribution in [0, 0.1) is 5.82 Å². The van der Waals surface area contributed by atoms with Gasteiger partial charge in [-0.15, -0.1) is 0 Å². The van der Waals surface area contributed by atoms with E-state index in [9.17, 15) is 4.39 Å². The number of ether oxygens (including phenoxy) is 1. The third kappa shape index (κ3) is 2.67. The molecule has 0 saturated carbocycles. The lowest BCUT2D eigenvalue weighted by Gasteiger charge is -2.03. The van der Waals surface area contributed by atoms with Gasteiger partial charge in [-0.2, -0.15) is 0 Å². The van der Waals surface area contributed by atoms with Crippen LogP contribution in [0.4, 0.5) is 4.39 Å². The maximum atomic E-state index is 12.6. The first kappa shape index (κ1) is 9.93. The molecule has 1 heterocycles. The molecule has 2 rings (SSSR count). The van der Waals surface area contributed by atoms with Gasteiger partial charge in [0, 0.05) is 12.3 Å². The molecule has 0 unspecified atom stereocenters. The first-order chi connectivity index (χ1) is 7.24. The van der Waals surface area contributed by atoms with Gasteiger partial charge in [0.2, 0.25) is 5.88 Å². The molecule has 15 heavy (non-hydrogen) atoms. The smallest absolute Gasteiger partial charge is 0.219 e. The SMILES string of the molecule is Fc1ccc(Oc2ccc(Cl)cn2)cc1. The van der Waals surface area contributed by atoms with E-state index in [1.54, 1.807) is 12.1 Å². The minimum atomic E-state index is -0.300. The molecule has 0 atom stereocenters. The van der Waals surface area contributed by atoms with Crippen molar-refractivity contribution < 1.29 is 9.13 Å². The second-order valence-corrected chi connectivity index (χ2v) is 3.31. The van der Waals surface area contributed by atoms with Crippen molar-refractivity contribution in [2.75, 3.05) is 0 Å². The summed E-state index contributed by atoms with van der Waals surface area (Å²) in [5.41, 5.74) is 0. The van der Waals surface area contributed by atoms with Crippen LogP contribution in [0.25, 0.3) is 0 Å². The molecule has 0 radical (unpaired) electrons. The summed E-state index contributed by atoms with van der Waals surface area (Å²) in [6.45, 7) is 0. The second kappa shape index (κ2) is 4.28. The summed E-state index contributed by atoms with van der Waals surface area (Å²) in [5.74, 6) is 0.656. The minimum Gasteiger partial charge on any atom is -0.439 e. The third-order valence-electron chi connectivity index (χ3n) is 1.74. The van der Waals surface area contributed by atoms with Crippen molar-refractivity contribution in [3.63, 3.8) is 0 Å². The average molecular weight is 224 g/mol. The van der Waals surface area contributed by atoms with E-state index in [4.69, 9.17) is 16.3 Å². The highest BCUT2D eigenvalue weighted by molar-refractivity contribution is 6.30. The lowest BCUT2D eigenvalue weighted by Crippen LogP contribution is -1.86. The topological polar surface area (TPSA) is 22.1 Å². The third-order valence-corrected chi connectivity index (χ3v) is 1.96. The van der Waals surface area contributed by atoms with Gasteiger partial charge in [0.1, 0.15) is 11.6 Å². The standard InChI is InChI=1S/C11H7ClFNO/c12-8-1-6-11(14-7-8)15-10-4-2-9(13)3-5-10/h1-7H. The van der Waals surface area contributed by atoms with Crippen LogP contribution in [0.1, 0.15) is 0 Å². The molecule has 0 N–H and O–H groups in total. The van der Waals surface area contributed by atoms with E-state index in [-0.39, 0.29) is 5.82 Å². The predicted molar refractivity (Wildman–Crippen MR) is 55.7 cm³/mol. The fraction of sp³-hybridized carbons (Fsp3) is 0. The van der Waals surface area contributed by atoms with Gasteiger partial charge in [-0.1, -0.05) is 11.6 Å². The Morgan fingerprint density at radius 3 is 2.40 bits per heavy atom. The fourth-order valence-corrected chi connectivity index (χ4v) is 1.16. The summed E-state index contributed by atoms with van der Waals surface area (Å²) in [7, 11) is 0. The zero-order chi connectivity index (χ0) is 10.7. The number of rotatable bonds is 2. The number of hydrogen-bond acceptors (Lipinski definition) is 2. The van der Waals surface area contributed by atoms with E-state index in [2.05, 4.69) is 4.98 Å². The molecule has 2 aromatic rings. The van der Waals surface area contributed by atoms with Crippen LogP contribution in [0.5, 0.6) is 11.6 Å². The number of halogens is 2. The van der Waals surface area contributed by atoms with E-state index in [1.807, 2.05) is 0 Å².